The molecule has 7 heteroatoms. The van der Waals surface area contributed by atoms with E-state index in [9.17, 15) is 18.4 Å². The van der Waals surface area contributed by atoms with Gasteiger partial charge in [0.25, 0.3) is 5.91 Å². The van der Waals surface area contributed by atoms with Gasteiger partial charge in [-0.05, 0) is 6.92 Å². The summed E-state index contributed by atoms with van der Waals surface area (Å²) in [6.45, 7) is 3.25. The number of rotatable bonds is 2. The maximum absolute atomic E-state index is 12.1. The van der Waals surface area contributed by atoms with Crippen molar-refractivity contribution < 1.29 is 18.4 Å². The maximum atomic E-state index is 12.1. The molecule has 0 unspecified atom stereocenters. The van der Waals surface area contributed by atoms with Gasteiger partial charge in [0.1, 0.15) is 0 Å². The molecule has 1 heterocycles. The lowest BCUT2D eigenvalue weighted by molar-refractivity contribution is -0.144. The quantitative estimate of drug-likeness (QED) is 0.739. The molecule has 0 bridgehead atoms. The number of halogens is 2. The number of hydrogen-bond donors (Lipinski definition) is 1. The number of hydrogen-bond acceptors (Lipinski definition) is 2. The Balaban J connectivity index is 2.39. The lowest BCUT2D eigenvalue weighted by Gasteiger charge is -2.34. The Morgan fingerprint density at radius 3 is 2.12 bits per heavy atom. The second-order valence-corrected chi connectivity index (χ2v) is 3.45. The number of piperazine rings is 1. The smallest absolute Gasteiger partial charge is 0.317 e. The van der Waals surface area contributed by atoms with E-state index in [0.717, 1.165) is 4.90 Å². The molecule has 1 aliphatic heterocycles. The van der Waals surface area contributed by atoms with Gasteiger partial charge in [-0.25, -0.2) is 4.79 Å². The van der Waals surface area contributed by atoms with Crippen molar-refractivity contribution >= 4 is 11.9 Å². The van der Waals surface area contributed by atoms with Crippen LogP contribution in [0.4, 0.5) is 13.6 Å². The summed E-state index contributed by atoms with van der Waals surface area (Å²) in [5.74, 6) is -1.16. The van der Waals surface area contributed by atoms with E-state index in [1.54, 1.807) is 6.92 Å². The number of carbonyl (C=O) groups excluding carboxylic acids is 2. The van der Waals surface area contributed by atoms with Gasteiger partial charge in [0, 0.05) is 32.7 Å². The number of amides is 3. The van der Waals surface area contributed by atoms with Gasteiger partial charge in [-0.1, -0.05) is 0 Å². The van der Waals surface area contributed by atoms with Crippen LogP contribution in [0.25, 0.3) is 0 Å². The van der Waals surface area contributed by atoms with Gasteiger partial charge >= 0.3 is 12.5 Å². The number of carbonyl (C=O) groups is 2. The van der Waals surface area contributed by atoms with Gasteiger partial charge in [-0.3, -0.25) is 4.79 Å². The van der Waals surface area contributed by atoms with Crippen molar-refractivity contribution in [2.24, 2.45) is 0 Å². The molecule has 0 atom stereocenters. The number of alkyl halides is 2. The van der Waals surface area contributed by atoms with E-state index < -0.39 is 12.3 Å². The fourth-order valence-corrected chi connectivity index (χ4v) is 1.53. The van der Waals surface area contributed by atoms with E-state index in [-0.39, 0.29) is 19.1 Å². The summed E-state index contributed by atoms with van der Waals surface area (Å²) < 4.78 is 24.2. The summed E-state index contributed by atoms with van der Waals surface area (Å²) in [6, 6.07) is -0.216. The molecule has 1 aliphatic rings. The van der Waals surface area contributed by atoms with Gasteiger partial charge in [0.2, 0.25) is 0 Å². The summed E-state index contributed by atoms with van der Waals surface area (Å²) in [6.07, 6.45) is -2.96. The molecule has 92 valence electrons. The lowest BCUT2D eigenvalue weighted by Crippen LogP contribution is -2.54. The van der Waals surface area contributed by atoms with Crippen LogP contribution in [0.3, 0.4) is 0 Å². The first kappa shape index (κ1) is 12.7. The zero-order valence-electron chi connectivity index (χ0n) is 9.08. The highest BCUT2D eigenvalue weighted by molar-refractivity contribution is 5.80. The highest BCUT2D eigenvalue weighted by Gasteiger charge is 2.28. The van der Waals surface area contributed by atoms with Crippen LogP contribution in [0.2, 0.25) is 0 Å². The van der Waals surface area contributed by atoms with Crippen molar-refractivity contribution in [3.8, 4) is 0 Å². The molecule has 1 saturated heterocycles. The van der Waals surface area contributed by atoms with Crippen molar-refractivity contribution in [3.63, 3.8) is 0 Å². The first-order valence-corrected chi connectivity index (χ1v) is 5.16. The molecular weight excluding hydrogens is 220 g/mol. The molecule has 1 N–H and O–H groups in total. The molecule has 1 fully saturated rings. The third kappa shape index (κ3) is 3.04. The van der Waals surface area contributed by atoms with Gasteiger partial charge in [0.15, 0.2) is 0 Å². The fourth-order valence-electron chi connectivity index (χ4n) is 1.53. The molecule has 0 radical (unpaired) electrons. The van der Waals surface area contributed by atoms with Gasteiger partial charge in [-0.15, -0.1) is 0 Å². The topological polar surface area (TPSA) is 52.7 Å². The summed E-state index contributed by atoms with van der Waals surface area (Å²) in [7, 11) is 0. The summed E-state index contributed by atoms with van der Waals surface area (Å²) in [5.41, 5.74) is 0. The van der Waals surface area contributed by atoms with Crippen LogP contribution in [0.15, 0.2) is 0 Å². The molecule has 1 rings (SSSR count). The molecule has 0 aliphatic carbocycles. The number of nitrogens with one attached hydrogen (secondary N) is 1. The average Bonchev–Trinajstić information content (AvgIpc) is 2.28. The van der Waals surface area contributed by atoms with Crippen molar-refractivity contribution in [3.05, 3.63) is 0 Å². The molecule has 0 aromatic carbocycles. The predicted molar refractivity (Wildman–Crippen MR) is 53.2 cm³/mol. The highest BCUT2D eigenvalue weighted by Crippen LogP contribution is 2.06. The Bertz CT molecular complexity index is 265. The minimum absolute atomic E-state index is 0.167. The SMILES string of the molecule is CCNC(=O)N1CCN(C(=O)C(F)F)CC1. The van der Waals surface area contributed by atoms with Gasteiger partial charge in [-0.2, -0.15) is 8.78 Å². The Hall–Kier alpha value is -1.40. The van der Waals surface area contributed by atoms with E-state index in [1.807, 2.05) is 0 Å². The molecule has 3 amide bonds. The third-order valence-corrected chi connectivity index (χ3v) is 2.39. The van der Waals surface area contributed by atoms with Crippen LogP contribution >= 0.6 is 0 Å². The Labute approximate surface area is 92.4 Å². The minimum atomic E-state index is -2.96. The normalized spacial score (nSPS) is 16.5. The molecule has 5 nitrogen and oxygen atoms in total. The van der Waals surface area contributed by atoms with E-state index in [2.05, 4.69) is 5.32 Å². The van der Waals surface area contributed by atoms with Crippen LogP contribution in [0.1, 0.15) is 6.92 Å². The maximum Gasteiger partial charge on any atom is 0.317 e. The van der Waals surface area contributed by atoms with E-state index in [4.69, 9.17) is 0 Å². The Morgan fingerprint density at radius 1 is 1.19 bits per heavy atom. The van der Waals surface area contributed by atoms with E-state index in [1.165, 1.54) is 4.90 Å². The molecule has 0 spiro atoms. The summed E-state index contributed by atoms with van der Waals surface area (Å²) in [5, 5.41) is 2.62. The number of nitrogens with zero attached hydrogens (tertiary/aromatic N) is 2. The van der Waals surface area contributed by atoms with Crippen LogP contribution in [0, 0.1) is 0 Å². The zero-order chi connectivity index (χ0) is 12.1. The van der Waals surface area contributed by atoms with E-state index in [0.29, 0.717) is 19.6 Å². The summed E-state index contributed by atoms with van der Waals surface area (Å²) in [4.78, 5) is 24.9. The fraction of sp³-hybridized carbons (Fsp3) is 0.778. The second-order valence-electron chi connectivity index (χ2n) is 3.45. The summed E-state index contributed by atoms with van der Waals surface area (Å²) >= 11 is 0. The van der Waals surface area contributed by atoms with Crippen LogP contribution in [-0.4, -0.2) is 60.9 Å². The average molecular weight is 235 g/mol. The van der Waals surface area contributed by atoms with Crippen molar-refractivity contribution in [1.82, 2.24) is 15.1 Å². The predicted octanol–water partition coefficient (Wildman–Crippen LogP) is 0.125. The Morgan fingerprint density at radius 2 is 1.69 bits per heavy atom. The van der Waals surface area contributed by atoms with E-state index >= 15 is 0 Å². The van der Waals surface area contributed by atoms with Crippen molar-refractivity contribution in [2.75, 3.05) is 32.7 Å². The minimum Gasteiger partial charge on any atom is -0.338 e. The van der Waals surface area contributed by atoms with Crippen molar-refractivity contribution in [1.29, 1.82) is 0 Å². The zero-order valence-corrected chi connectivity index (χ0v) is 9.08. The monoisotopic (exact) mass is 235 g/mol. The molecular formula is C9H15F2N3O2. The first-order chi connectivity index (χ1) is 7.56. The largest absolute Gasteiger partial charge is 0.338 e. The molecule has 0 saturated carbocycles. The lowest BCUT2D eigenvalue weighted by atomic mass is 10.3. The first-order valence-electron chi connectivity index (χ1n) is 5.16. The molecule has 0 aromatic heterocycles. The molecule has 16 heavy (non-hydrogen) atoms. The Kier molecular flexibility index (Phi) is 4.45. The van der Waals surface area contributed by atoms with Crippen LogP contribution < -0.4 is 5.32 Å². The standard InChI is InChI=1S/C9H15F2N3O2/c1-2-12-9(16)14-5-3-13(4-6-14)8(15)7(10)11/h7H,2-6H2,1H3,(H,12,16). The van der Waals surface area contributed by atoms with Gasteiger partial charge < -0.3 is 15.1 Å². The van der Waals surface area contributed by atoms with Crippen LogP contribution in [-0.2, 0) is 4.79 Å². The van der Waals surface area contributed by atoms with Crippen molar-refractivity contribution in [2.45, 2.75) is 13.3 Å². The number of urea groups is 1. The van der Waals surface area contributed by atoms with Crippen LogP contribution in [0.5, 0.6) is 0 Å². The highest BCUT2D eigenvalue weighted by atomic mass is 19.3. The molecule has 0 aromatic rings. The third-order valence-electron chi connectivity index (χ3n) is 2.39. The van der Waals surface area contributed by atoms with Gasteiger partial charge in [0.05, 0.1) is 0 Å². The second kappa shape index (κ2) is 5.62.